The average molecular weight is 484 g/mol. The molecular weight excluding hydrogens is 465 g/mol. The molecule has 1 amide bonds. The molecule has 3 nitrogen and oxygen atoms in total. The predicted octanol–water partition coefficient (Wildman–Crippen LogP) is 6.77. The maximum atomic E-state index is 13.8. The Balaban J connectivity index is 1.45. The van der Waals surface area contributed by atoms with Gasteiger partial charge < -0.3 is 4.74 Å². The van der Waals surface area contributed by atoms with Crippen LogP contribution in [0.2, 0.25) is 5.02 Å². The summed E-state index contributed by atoms with van der Waals surface area (Å²) in [6.45, 7) is 2.53. The molecule has 1 saturated heterocycles. The fraction of sp³-hybridized carbons (Fsp3) is 0.120. The van der Waals surface area contributed by atoms with Gasteiger partial charge in [0.1, 0.15) is 22.5 Å². The molecule has 0 atom stereocenters. The summed E-state index contributed by atoms with van der Waals surface area (Å²) in [6, 6.07) is 19.7. The van der Waals surface area contributed by atoms with E-state index in [1.54, 1.807) is 47.4 Å². The summed E-state index contributed by atoms with van der Waals surface area (Å²) in [5.74, 6) is -0.0107. The van der Waals surface area contributed by atoms with E-state index in [1.807, 2.05) is 31.2 Å². The van der Waals surface area contributed by atoms with Crippen molar-refractivity contribution in [3.8, 4) is 5.75 Å². The van der Waals surface area contributed by atoms with Crippen molar-refractivity contribution in [3.05, 3.63) is 105 Å². The summed E-state index contributed by atoms with van der Waals surface area (Å²) in [4.78, 5) is 15.0. The van der Waals surface area contributed by atoms with Gasteiger partial charge in [-0.15, -0.1) is 0 Å². The SMILES string of the molecule is Cc1ccc(CN2C(=O)C(=Cc3ccc(OCc4ccccc4F)c(Cl)c3)SC2=S)cc1. The van der Waals surface area contributed by atoms with E-state index in [1.165, 1.54) is 17.8 Å². The summed E-state index contributed by atoms with van der Waals surface area (Å²) in [5.41, 5.74) is 3.39. The van der Waals surface area contributed by atoms with Crippen molar-refractivity contribution in [2.45, 2.75) is 20.1 Å². The minimum Gasteiger partial charge on any atom is -0.487 e. The molecule has 162 valence electrons. The van der Waals surface area contributed by atoms with Crippen molar-refractivity contribution in [1.82, 2.24) is 4.90 Å². The molecule has 0 aromatic heterocycles. The van der Waals surface area contributed by atoms with Crippen LogP contribution in [-0.2, 0) is 17.9 Å². The van der Waals surface area contributed by atoms with Crippen LogP contribution in [0.3, 0.4) is 0 Å². The number of ether oxygens (including phenoxy) is 1. The van der Waals surface area contributed by atoms with Crippen LogP contribution >= 0.6 is 35.6 Å². The molecule has 4 rings (SSSR count). The average Bonchev–Trinajstić information content (AvgIpc) is 3.03. The quantitative estimate of drug-likeness (QED) is 0.286. The Labute approximate surface area is 200 Å². The highest BCUT2D eigenvalue weighted by molar-refractivity contribution is 8.26. The summed E-state index contributed by atoms with van der Waals surface area (Å²) in [6.07, 6.45) is 1.76. The van der Waals surface area contributed by atoms with E-state index < -0.39 is 0 Å². The molecule has 32 heavy (non-hydrogen) atoms. The van der Waals surface area contributed by atoms with E-state index in [4.69, 9.17) is 28.6 Å². The first-order chi connectivity index (χ1) is 15.4. The number of aryl methyl sites for hydroxylation is 1. The molecule has 0 spiro atoms. The van der Waals surface area contributed by atoms with Crippen LogP contribution in [0.4, 0.5) is 4.39 Å². The van der Waals surface area contributed by atoms with Crippen LogP contribution in [-0.4, -0.2) is 15.1 Å². The maximum Gasteiger partial charge on any atom is 0.266 e. The molecule has 1 fully saturated rings. The first-order valence-corrected chi connectivity index (χ1v) is 11.5. The van der Waals surface area contributed by atoms with Gasteiger partial charge in [0.15, 0.2) is 0 Å². The zero-order valence-electron chi connectivity index (χ0n) is 17.2. The summed E-state index contributed by atoms with van der Waals surface area (Å²) in [5, 5.41) is 0.380. The number of hydrogen-bond acceptors (Lipinski definition) is 4. The topological polar surface area (TPSA) is 29.5 Å². The number of thiocarbonyl (C=S) groups is 1. The number of benzene rings is 3. The van der Waals surface area contributed by atoms with Gasteiger partial charge in [0.25, 0.3) is 5.91 Å². The lowest BCUT2D eigenvalue weighted by Gasteiger charge is -2.14. The third kappa shape index (κ3) is 5.21. The highest BCUT2D eigenvalue weighted by Gasteiger charge is 2.32. The summed E-state index contributed by atoms with van der Waals surface area (Å²) >= 11 is 13.1. The van der Waals surface area contributed by atoms with E-state index in [-0.39, 0.29) is 18.3 Å². The van der Waals surface area contributed by atoms with Crippen LogP contribution in [0.1, 0.15) is 22.3 Å². The predicted molar refractivity (Wildman–Crippen MR) is 132 cm³/mol. The summed E-state index contributed by atoms with van der Waals surface area (Å²) < 4.78 is 20.0. The van der Waals surface area contributed by atoms with E-state index in [0.717, 1.165) is 16.7 Å². The zero-order chi connectivity index (χ0) is 22.7. The number of halogens is 2. The van der Waals surface area contributed by atoms with Gasteiger partial charge in [0.05, 0.1) is 16.5 Å². The Morgan fingerprint density at radius 1 is 1.12 bits per heavy atom. The Morgan fingerprint density at radius 2 is 1.88 bits per heavy atom. The smallest absolute Gasteiger partial charge is 0.266 e. The molecule has 3 aromatic rings. The molecule has 0 radical (unpaired) electrons. The second-order valence-electron chi connectivity index (χ2n) is 7.32. The number of rotatable bonds is 6. The molecule has 0 bridgehead atoms. The molecule has 0 N–H and O–H groups in total. The Hall–Kier alpha value is -2.67. The lowest BCUT2D eigenvalue weighted by molar-refractivity contribution is -0.122. The lowest BCUT2D eigenvalue weighted by Crippen LogP contribution is -2.27. The van der Waals surface area contributed by atoms with Crippen molar-refractivity contribution in [2.24, 2.45) is 0 Å². The van der Waals surface area contributed by atoms with Crippen molar-refractivity contribution in [3.63, 3.8) is 0 Å². The fourth-order valence-corrected chi connectivity index (χ4v) is 4.66. The monoisotopic (exact) mass is 483 g/mol. The minimum absolute atomic E-state index is 0.0728. The van der Waals surface area contributed by atoms with E-state index in [2.05, 4.69) is 0 Å². The van der Waals surface area contributed by atoms with Crippen LogP contribution in [0, 0.1) is 12.7 Å². The standard InChI is InChI=1S/C25H19ClFNO2S2/c1-16-6-8-17(9-7-16)14-28-24(29)23(32-25(28)31)13-18-10-11-22(20(26)12-18)30-15-19-4-2-3-5-21(19)27/h2-13H,14-15H2,1H3. The molecule has 3 aromatic carbocycles. The van der Waals surface area contributed by atoms with Gasteiger partial charge in [-0.1, -0.05) is 89.7 Å². The maximum absolute atomic E-state index is 13.8. The van der Waals surface area contributed by atoms with Gasteiger partial charge in [0.2, 0.25) is 0 Å². The Kier molecular flexibility index (Phi) is 6.94. The van der Waals surface area contributed by atoms with Crippen LogP contribution in [0.25, 0.3) is 6.08 Å². The third-order valence-corrected chi connectivity index (χ3v) is 6.60. The highest BCUT2D eigenvalue weighted by atomic mass is 35.5. The second-order valence-corrected chi connectivity index (χ2v) is 9.41. The zero-order valence-corrected chi connectivity index (χ0v) is 19.6. The van der Waals surface area contributed by atoms with Crippen molar-refractivity contribution >= 4 is 51.9 Å². The van der Waals surface area contributed by atoms with Gasteiger partial charge in [-0.2, -0.15) is 0 Å². The van der Waals surface area contributed by atoms with Crippen LogP contribution in [0.15, 0.2) is 71.6 Å². The van der Waals surface area contributed by atoms with E-state index in [0.29, 0.717) is 32.1 Å². The first kappa shape index (κ1) is 22.5. The number of nitrogens with zero attached hydrogens (tertiary/aromatic N) is 1. The lowest BCUT2D eigenvalue weighted by atomic mass is 10.1. The van der Waals surface area contributed by atoms with Crippen molar-refractivity contribution in [2.75, 3.05) is 0 Å². The summed E-state index contributed by atoms with van der Waals surface area (Å²) in [7, 11) is 0. The van der Waals surface area contributed by atoms with Gasteiger partial charge in [-0.05, 0) is 42.3 Å². The molecule has 0 aliphatic carbocycles. The first-order valence-electron chi connectivity index (χ1n) is 9.87. The number of amides is 1. The largest absolute Gasteiger partial charge is 0.487 e. The number of hydrogen-bond donors (Lipinski definition) is 0. The molecule has 0 saturated carbocycles. The molecule has 7 heteroatoms. The molecule has 0 unspecified atom stereocenters. The fourth-order valence-electron chi connectivity index (χ4n) is 3.16. The molecule has 1 heterocycles. The normalized spacial score (nSPS) is 15.0. The van der Waals surface area contributed by atoms with E-state index in [9.17, 15) is 9.18 Å². The number of thioether (sulfide) groups is 1. The third-order valence-electron chi connectivity index (χ3n) is 4.93. The van der Waals surface area contributed by atoms with Gasteiger partial charge in [-0.25, -0.2) is 4.39 Å². The minimum atomic E-state index is -0.326. The van der Waals surface area contributed by atoms with Crippen molar-refractivity contribution in [1.29, 1.82) is 0 Å². The van der Waals surface area contributed by atoms with E-state index >= 15 is 0 Å². The van der Waals surface area contributed by atoms with Crippen LogP contribution < -0.4 is 4.74 Å². The van der Waals surface area contributed by atoms with Crippen LogP contribution in [0.5, 0.6) is 5.75 Å². The van der Waals surface area contributed by atoms with Crippen molar-refractivity contribution < 1.29 is 13.9 Å². The number of carbonyl (C=O) groups excluding carboxylic acids is 1. The van der Waals surface area contributed by atoms with Gasteiger partial charge >= 0.3 is 0 Å². The molecular formula is C25H19ClFNO2S2. The Bertz CT molecular complexity index is 1210. The highest BCUT2D eigenvalue weighted by Crippen LogP contribution is 2.35. The molecule has 1 aliphatic rings. The van der Waals surface area contributed by atoms with Gasteiger partial charge in [0, 0.05) is 5.56 Å². The second kappa shape index (κ2) is 9.86. The Morgan fingerprint density at radius 3 is 2.59 bits per heavy atom. The number of carbonyl (C=O) groups is 1. The molecule has 1 aliphatic heterocycles. The van der Waals surface area contributed by atoms with Gasteiger partial charge in [-0.3, -0.25) is 9.69 Å².